The largest absolute Gasteiger partial charge is 0.462 e. The number of amides is 3. The number of esters is 1. The van der Waals surface area contributed by atoms with Gasteiger partial charge in [0.15, 0.2) is 0 Å². The number of halogens is 1. The Balaban J connectivity index is 1.46. The van der Waals surface area contributed by atoms with E-state index < -0.39 is 11.2 Å². The Hall–Kier alpha value is -3.34. The third-order valence-corrected chi connectivity index (χ3v) is 9.30. The number of anilines is 2. The lowest BCUT2D eigenvalue weighted by molar-refractivity contribution is -0.129. The Morgan fingerprint density at radius 3 is 2.54 bits per heavy atom. The molecular formula is C30H32ClN3O5S2. The van der Waals surface area contributed by atoms with Crippen LogP contribution in [-0.4, -0.2) is 47.0 Å². The molecule has 1 aliphatic rings. The van der Waals surface area contributed by atoms with Gasteiger partial charge in [-0.25, -0.2) is 4.79 Å². The van der Waals surface area contributed by atoms with Crippen LogP contribution in [0.3, 0.4) is 0 Å². The number of nitrogens with zero attached hydrogens (tertiary/aromatic N) is 1. The first-order valence-electron chi connectivity index (χ1n) is 13.4. The van der Waals surface area contributed by atoms with Crippen molar-refractivity contribution in [2.75, 3.05) is 23.8 Å². The smallest absolute Gasteiger partial charge is 0.341 e. The molecule has 0 bridgehead atoms. The van der Waals surface area contributed by atoms with E-state index in [1.807, 2.05) is 37.3 Å². The Labute approximate surface area is 252 Å². The van der Waals surface area contributed by atoms with Crippen molar-refractivity contribution in [3.05, 3.63) is 75.1 Å². The Morgan fingerprint density at radius 2 is 1.85 bits per heavy atom. The molecule has 3 amide bonds. The zero-order valence-electron chi connectivity index (χ0n) is 23.1. The van der Waals surface area contributed by atoms with Crippen LogP contribution in [0.1, 0.15) is 53.6 Å². The molecule has 1 unspecified atom stereocenters. The molecule has 216 valence electrons. The number of thioether (sulfide) groups is 1. The van der Waals surface area contributed by atoms with Crippen LogP contribution in [-0.2, 0) is 38.5 Å². The van der Waals surface area contributed by atoms with Gasteiger partial charge in [-0.1, -0.05) is 36.7 Å². The van der Waals surface area contributed by atoms with Gasteiger partial charge in [-0.3, -0.25) is 14.4 Å². The molecule has 0 radical (unpaired) electrons. The molecule has 0 saturated heterocycles. The molecule has 8 nitrogen and oxygen atoms in total. The minimum absolute atomic E-state index is 0.0295. The van der Waals surface area contributed by atoms with Crippen molar-refractivity contribution in [2.24, 2.45) is 0 Å². The number of hydrogen-bond acceptors (Lipinski definition) is 7. The first-order chi connectivity index (χ1) is 19.7. The molecule has 4 rings (SSSR count). The molecule has 0 saturated carbocycles. The summed E-state index contributed by atoms with van der Waals surface area (Å²) < 4.78 is 5.31. The lowest BCUT2D eigenvalue weighted by atomic mass is 10.0. The standard InChI is InChI=1S/C30H32ClN3O5S2/c1-4-24(40-22-8-6-7-21(16-22)32-26(36)15-19-9-11-20(31)12-10-19)28(37)33-29-27(30(38)39-5-2)23-13-14-34(18(3)35)17-25(23)41-29/h6-12,16,24H,4-5,13-15,17H2,1-3H3,(H,32,36)(H,33,37). The summed E-state index contributed by atoms with van der Waals surface area (Å²) in [6.45, 7) is 6.32. The van der Waals surface area contributed by atoms with Crippen molar-refractivity contribution >= 4 is 69.1 Å². The normalized spacial score (nSPS) is 13.2. The second kappa shape index (κ2) is 14.0. The number of ether oxygens (including phenoxy) is 1. The molecule has 0 fully saturated rings. The minimum atomic E-state index is -0.473. The SMILES string of the molecule is CCOC(=O)c1c(NC(=O)C(CC)Sc2cccc(NC(=O)Cc3ccc(Cl)cc3)c2)sc2c1CCN(C(C)=O)C2. The number of rotatable bonds is 10. The van der Waals surface area contributed by atoms with Crippen LogP contribution < -0.4 is 10.6 Å². The van der Waals surface area contributed by atoms with E-state index in [1.165, 1.54) is 30.0 Å². The van der Waals surface area contributed by atoms with Gasteiger partial charge in [-0.15, -0.1) is 23.1 Å². The van der Waals surface area contributed by atoms with Gasteiger partial charge in [-0.05, 0) is 61.2 Å². The molecule has 1 aliphatic heterocycles. The zero-order chi connectivity index (χ0) is 29.5. The van der Waals surface area contributed by atoms with E-state index in [2.05, 4.69) is 10.6 Å². The molecule has 3 aromatic rings. The van der Waals surface area contributed by atoms with Gasteiger partial charge in [0, 0.05) is 34.0 Å². The third kappa shape index (κ3) is 7.90. The second-order valence-electron chi connectivity index (χ2n) is 9.50. The highest BCUT2D eigenvalue weighted by Crippen LogP contribution is 2.38. The summed E-state index contributed by atoms with van der Waals surface area (Å²) in [5, 5.41) is 6.51. The van der Waals surface area contributed by atoms with E-state index in [4.69, 9.17) is 16.3 Å². The number of benzene rings is 2. The second-order valence-corrected chi connectivity index (χ2v) is 12.3. The fourth-order valence-corrected chi connectivity index (χ4v) is 6.89. The van der Waals surface area contributed by atoms with Crippen LogP contribution in [0, 0.1) is 0 Å². The lowest BCUT2D eigenvalue weighted by Gasteiger charge is -2.25. The molecule has 1 aromatic heterocycles. The molecule has 1 atom stereocenters. The van der Waals surface area contributed by atoms with Crippen LogP contribution in [0.5, 0.6) is 0 Å². The van der Waals surface area contributed by atoms with Gasteiger partial charge in [0.05, 0.1) is 30.4 Å². The van der Waals surface area contributed by atoms with Crippen molar-refractivity contribution in [3.8, 4) is 0 Å². The van der Waals surface area contributed by atoms with Crippen molar-refractivity contribution < 1.29 is 23.9 Å². The first-order valence-corrected chi connectivity index (χ1v) is 15.4. The number of thiophene rings is 1. The van der Waals surface area contributed by atoms with Gasteiger partial charge in [0.2, 0.25) is 17.7 Å². The fourth-order valence-electron chi connectivity index (χ4n) is 4.50. The summed E-state index contributed by atoms with van der Waals surface area (Å²) in [4.78, 5) is 54.3. The first kappa shape index (κ1) is 30.6. The summed E-state index contributed by atoms with van der Waals surface area (Å²) in [7, 11) is 0. The monoisotopic (exact) mass is 613 g/mol. The van der Waals surface area contributed by atoms with Crippen molar-refractivity contribution in [1.82, 2.24) is 4.90 Å². The molecule has 0 aliphatic carbocycles. The molecule has 0 spiro atoms. The number of nitrogens with one attached hydrogen (secondary N) is 2. The summed E-state index contributed by atoms with van der Waals surface area (Å²) >= 11 is 8.63. The van der Waals surface area contributed by atoms with E-state index in [1.54, 1.807) is 30.0 Å². The van der Waals surface area contributed by atoms with E-state index in [-0.39, 0.29) is 30.7 Å². The lowest BCUT2D eigenvalue weighted by Crippen LogP contribution is -2.34. The molecule has 2 heterocycles. The van der Waals surface area contributed by atoms with Crippen molar-refractivity contribution in [1.29, 1.82) is 0 Å². The number of carbonyl (C=O) groups is 4. The van der Waals surface area contributed by atoms with Crippen LogP contribution in [0.25, 0.3) is 0 Å². The highest BCUT2D eigenvalue weighted by Gasteiger charge is 2.31. The van der Waals surface area contributed by atoms with Gasteiger partial charge < -0.3 is 20.3 Å². The summed E-state index contributed by atoms with van der Waals surface area (Å²) in [5.41, 5.74) is 2.71. The van der Waals surface area contributed by atoms with Crippen LogP contribution >= 0.6 is 34.7 Å². The van der Waals surface area contributed by atoms with Crippen LogP contribution in [0.15, 0.2) is 53.4 Å². The van der Waals surface area contributed by atoms with Crippen molar-refractivity contribution in [2.45, 2.75) is 56.7 Å². The molecule has 2 N–H and O–H groups in total. The third-order valence-electron chi connectivity index (χ3n) is 6.56. The van der Waals surface area contributed by atoms with Gasteiger partial charge >= 0.3 is 5.97 Å². The Kier molecular flexibility index (Phi) is 10.5. The minimum Gasteiger partial charge on any atom is -0.462 e. The number of carbonyl (C=O) groups excluding carboxylic acids is 4. The summed E-state index contributed by atoms with van der Waals surface area (Å²) in [6, 6.07) is 14.5. The zero-order valence-corrected chi connectivity index (χ0v) is 25.5. The van der Waals surface area contributed by atoms with E-state index in [0.29, 0.717) is 47.2 Å². The van der Waals surface area contributed by atoms with Gasteiger partial charge in [0.1, 0.15) is 5.00 Å². The maximum Gasteiger partial charge on any atom is 0.341 e. The average molecular weight is 614 g/mol. The molecule has 41 heavy (non-hydrogen) atoms. The highest BCUT2D eigenvalue weighted by molar-refractivity contribution is 8.00. The number of hydrogen-bond donors (Lipinski definition) is 2. The Morgan fingerprint density at radius 1 is 1.10 bits per heavy atom. The van der Waals surface area contributed by atoms with Gasteiger partial charge in [-0.2, -0.15) is 0 Å². The van der Waals surface area contributed by atoms with Crippen molar-refractivity contribution in [3.63, 3.8) is 0 Å². The predicted molar refractivity (Wildman–Crippen MR) is 164 cm³/mol. The van der Waals surface area contributed by atoms with E-state index in [9.17, 15) is 19.2 Å². The Bertz CT molecular complexity index is 1440. The molecule has 2 aromatic carbocycles. The van der Waals surface area contributed by atoms with Crippen LogP contribution in [0.4, 0.5) is 10.7 Å². The van der Waals surface area contributed by atoms with E-state index >= 15 is 0 Å². The summed E-state index contributed by atoms with van der Waals surface area (Å²) in [5.74, 6) is -0.893. The van der Waals surface area contributed by atoms with E-state index in [0.717, 1.165) is 20.9 Å². The summed E-state index contributed by atoms with van der Waals surface area (Å²) in [6.07, 6.45) is 1.28. The maximum atomic E-state index is 13.4. The number of fused-ring (bicyclic) bond motifs is 1. The topological polar surface area (TPSA) is 105 Å². The maximum absolute atomic E-state index is 13.4. The quantitative estimate of drug-likeness (QED) is 0.209. The highest BCUT2D eigenvalue weighted by atomic mass is 35.5. The van der Waals surface area contributed by atoms with Crippen LogP contribution in [0.2, 0.25) is 5.02 Å². The average Bonchev–Trinajstić information content (AvgIpc) is 3.30. The fraction of sp³-hybridized carbons (Fsp3) is 0.333. The van der Waals surface area contributed by atoms with Gasteiger partial charge in [0.25, 0.3) is 0 Å². The molecule has 11 heteroatoms. The predicted octanol–water partition coefficient (Wildman–Crippen LogP) is 6.17. The molecular weight excluding hydrogens is 582 g/mol.